The van der Waals surface area contributed by atoms with Crippen LogP contribution < -0.4 is 14.4 Å². The summed E-state index contributed by atoms with van der Waals surface area (Å²) in [6.07, 6.45) is 1.04. The third-order valence-electron chi connectivity index (χ3n) is 5.19. The molecule has 0 aliphatic heterocycles. The van der Waals surface area contributed by atoms with Crippen LogP contribution in [0.2, 0.25) is 5.02 Å². The third-order valence-corrected chi connectivity index (χ3v) is 6.55. The first-order valence-electron chi connectivity index (χ1n) is 10.8. The predicted octanol–water partition coefficient (Wildman–Crippen LogP) is 3.36. The van der Waals surface area contributed by atoms with E-state index in [4.69, 9.17) is 16.3 Å². The van der Waals surface area contributed by atoms with E-state index in [0.717, 1.165) is 16.1 Å². The zero-order valence-electron chi connectivity index (χ0n) is 20.3. The van der Waals surface area contributed by atoms with E-state index >= 15 is 0 Å². The molecule has 2 aromatic rings. The standard InChI is InChI=1S/C24H32ClN3O5S/c1-16(2)26-24(30)18(4)27(14-19-8-7-9-21(13-19)33-5)23(29)15-28(34(6,31)32)22-11-10-20(25)12-17(22)3/h7-13,16,18H,14-15H2,1-6H3,(H,26,30). The zero-order valence-corrected chi connectivity index (χ0v) is 21.9. The first-order chi connectivity index (χ1) is 15.8. The van der Waals surface area contributed by atoms with Crippen LogP contribution in [0.4, 0.5) is 5.69 Å². The molecule has 0 saturated carbocycles. The Morgan fingerprint density at radius 2 is 1.79 bits per heavy atom. The van der Waals surface area contributed by atoms with Crippen molar-refractivity contribution < 1.29 is 22.7 Å². The number of aryl methyl sites for hydroxylation is 1. The maximum atomic E-state index is 13.5. The summed E-state index contributed by atoms with van der Waals surface area (Å²) in [4.78, 5) is 27.7. The van der Waals surface area contributed by atoms with Crippen LogP contribution in [0.3, 0.4) is 0 Å². The van der Waals surface area contributed by atoms with E-state index in [1.54, 1.807) is 57.4 Å². The van der Waals surface area contributed by atoms with Gasteiger partial charge in [0.2, 0.25) is 21.8 Å². The van der Waals surface area contributed by atoms with Crippen LogP contribution in [0.25, 0.3) is 0 Å². The maximum absolute atomic E-state index is 13.5. The van der Waals surface area contributed by atoms with Gasteiger partial charge in [0, 0.05) is 17.6 Å². The minimum atomic E-state index is -3.81. The van der Waals surface area contributed by atoms with Gasteiger partial charge < -0.3 is 15.0 Å². The van der Waals surface area contributed by atoms with Gasteiger partial charge in [0.15, 0.2) is 0 Å². The molecule has 0 heterocycles. The van der Waals surface area contributed by atoms with E-state index in [9.17, 15) is 18.0 Å². The summed E-state index contributed by atoms with van der Waals surface area (Å²) in [5, 5.41) is 3.27. The average Bonchev–Trinajstić information content (AvgIpc) is 2.74. The molecule has 0 aliphatic carbocycles. The molecule has 0 aromatic heterocycles. The van der Waals surface area contributed by atoms with Gasteiger partial charge in [-0.1, -0.05) is 23.7 Å². The summed E-state index contributed by atoms with van der Waals surface area (Å²) in [6.45, 7) is 6.62. The lowest BCUT2D eigenvalue weighted by molar-refractivity contribution is -0.139. The molecule has 0 bridgehead atoms. The van der Waals surface area contributed by atoms with Gasteiger partial charge in [-0.25, -0.2) is 8.42 Å². The van der Waals surface area contributed by atoms with Crippen molar-refractivity contribution >= 4 is 39.1 Å². The second kappa shape index (κ2) is 11.6. The predicted molar refractivity (Wildman–Crippen MR) is 135 cm³/mol. The summed E-state index contributed by atoms with van der Waals surface area (Å²) < 4.78 is 31.6. The lowest BCUT2D eigenvalue weighted by atomic mass is 10.1. The van der Waals surface area contributed by atoms with Gasteiger partial charge in [-0.2, -0.15) is 0 Å². The highest BCUT2D eigenvalue weighted by Gasteiger charge is 2.30. The van der Waals surface area contributed by atoms with E-state index < -0.39 is 28.5 Å². The van der Waals surface area contributed by atoms with Crippen LogP contribution in [0.5, 0.6) is 5.75 Å². The van der Waals surface area contributed by atoms with Gasteiger partial charge in [0.25, 0.3) is 0 Å². The summed E-state index contributed by atoms with van der Waals surface area (Å²) in [5.41, 5.74) is 1.70. The number of carbonyl (C=O) groups excluding carboxylic acids is 2. The molecule has 10 heteroatoms. The van der Waals surface area contributed by atoms with Crippen molar-refractivity contribution in [3.8, 4) is 5.75 Å². The van der Waals surface area contributed by atoms with Crippen molar-refractivity contribution in [2.24, 2.45) is 0 Å². The van der Waals surface area contributed by atoms with Gasteiger partial charge >= 0.3 is 0 Å². The number of methoxy groups -OCH3 is 1. The Morgan fingerprint density at radius 1 is 1.12 bits per heavy atom. The average molecular weight is 510 g/mol. The molecule has 2 rings (SSSR count). The normalized spacial score (nSPS) is 12.2. The van der Waals surface area contributed by atoms with Gasteiger partial charge in [-0.3, -0.25) is 13.9 Å². The zero-order chi connectivity index (χ0) is 25.6. The molecule has 0 fully saturated rings. The molecule has 0 spiro atoms. The van der Waals surface area contributed by atoms with Gasteiger partial charge in [-0.05, 0) is 69.2 Å². The highest BCUT2D eigenvalue weighted by atomic mass is 35.5. The number of nitrogens with one attached hydrogen (secondary N) is 1. The van der Waals surface area contributed by atoms with E-state index in [-0.39, 0.29) is 18.5 Å². The molecular weight excluding hydrogens is 478 g/mol. The number of hydrogen-bond acceptors (Lipinski definition) is 5. The first kappa shape index (κ1) is 27.5. The number of carbonyl (C=O) groups is 2. The van der Waals surface area contributed by atoms with Crippen molar-refractivity contribution in [2.75, 3.05) is 24.2 Å². The number of sulfonamides is 1. The van der Waals surface area contributed by atoms with E-state index in [1.165, 1.54) is 4.90 Å². The summed E-state index contributed by atoms with van der Waals surface area (Å²) in [6, 6.07) is 11.0. The van der Waals surface area contributed by atoms with Crippen LogP contribution >= 0.6 is 11.6 Å². The number of halogens is 1. The molecule has 0 saturated heterocycles. The fourth-order valence-electron chi connectivity index (χ4n) is 3.45. The number of ether oxygens (including phenoxy) is 1. The number of anilines is 1. The van der Waals surface area contributed by atoms with Crippen LogP contribution in [-0.4, -0.2) is 57.1 Å². The summed E-state index contributed by atoms with van der Waals surface area (Å²) >= 11 is 6.03. The Kier molecular flexibility index (Phi) is 9.35. The molecule has 1 atom stereocenters. The van der Waals surface area contributed by atoms with Gasteiger partial charge in [0.05, 0.1) is 19.1 Å². The molecule has 0 aliphatic rings. The van der Waals surface area contributed by atoms with Crippen LogP contribution in [-0.2, 0) is 26.2 Å². The lowest BCUT2D eigenvalue weighted by Gasteiger charge is -2.32. The monoisotopic (exact) mass is 509 g/mol. The number of hydrogen-bond donors (Lipinski definition) is 1. The number of rotatable bonds is 10. The van der Waals surface area contributed by atoms with E-state index in [2.05, 4.69) is 5.32 Å². The molecule has 8 nitrogen and oxygen atoms in total. The highest BCUT2D eigenvalue weighted by Crippen LogP contribution is 2.26. The molecule has 2 amide bonds. The highest BCUT2D eigenvalue weighted by molar-refractivity contribution is 7.92. The van der Waals surface area contributed by atoms with E-state index in [0.29, 0.717) is 22.0 Å². The Morgan fingerprint density at radius 3 is 2.35 bits per heavy atom. The second-order valence-corrected chi connectivity index (χ2v) is 10.8. The Balaban J connectivity index is 2.44. The quantitative estimate of drug-likeness (QED) is 0.529. The number of benzene rings is 2. The van der Waals surface area contributed by atoms with Crippen molar-refractivity contribution in [3.63, 3.8) is 0 Å². The third kappa shape index (κ3) is 7.36. The van der Waals surface area contributed by atoms with Gasteiger partial charge in [0.1, 0.15) is 18.3 Å². The second-order valence-electron chi connectivity index (χ2n) is 8.41. The maximum Gasteiger partial charge on any atom is 0.244 e. The van der Waals surface area contributed by atoms with Gasteiger partial charge in [-0.15, -0.1) is 0 Å². The number of amides is 2. The topological polar surface area (TPSA) is 96.0 Å². The number of nitrogens with zero attached hydrogens (tertiary/aromatic N) is 2. The molecule has 1 N–H and O–H groups in total. The molecular formula is C24H32ClN3O5S. The van der Waals surface area contributed by atoms with Crippen molar-refractivity contribution in [1.82, 2.24) is 10.2 Å². The fourth-order valence-corrected chi connectivity index (χ4v) is 4.58. The molecule has 2 aromatic carbocycles. The summed E-state index contributed by atoms with van der Waals surface area (Å²) in [7, 11) is -2.27. The van der Waals surface area contributed by atoms with Crippen LogP contribution in [0.1, 0.15) is 31.9 Å². The molecule has 186 valence electrons. The first-order valence-corrected chi connectivity index (χ1v) is 13.0. The van der Waals surface area contributed by atoms with Crippen LogP contribution in [0.15, 0.2) is 42.5 Å². The smallest absolute Gasteiger partial charge is 0.244 e. The minimum Gasteiger partial charge on any atom is -0.497 e. The van der Waals surface area contributed by atoms with Crippen LogP contribution in [0, 0.1) is 6.92 Å². The Bertz CT molecular complexity index is 1140. The van der Waals surface area contributed by atoms with E-state index in [1.807, 2.05) is 19.9 Å². The Hall–Kier alpha value is -2.78. The molecule has 1 unspecified atom stereocenters. The SMILES string of the molecule is COc1cccc(CN(C(=O)CN(c2ccc(Cl)cc2C)S(C)(=O)=O)C(C)C(=O)NC(C)C)c1. The fraction of sp³-hybridized carbons (Fsp3) is 0.417. The summed E-state index contributed by atoms with van der Waals surface area (Å²) in [5.74, 6) is -0.243. The van der Waals surface area contributed by atoms with Crippen molar-refractivity contribution in [1.29, 1.82) is 0 Å². The lowest BCUT2D eigenvalue weighted by Crippen LogP contribution is -2.52. The van der Waals surface area contributed by atoms with Crippen molar-refractivity contribution in [2.45, 2.75) is 46.3 Å². The molecule has 0 radical (unpaired) electrons. The minimum absolute atomic E-state index is 0.0971. The van der Waals surface area contributed by atoms with Crippen molar-refractivity contribution in [3.05, 3.63) is 58.6 Å². The largest absolute Gasteiger partial charge is 0.497 e. The molecule has 34 heavy (non-hydrogen) atoms. The Labute approximate surface area is 206 Å².